The van der Waals surface area contributed by atoms with Gasteiger partial charge in [0.2, 0.25) is 0 Å². The Balaban J connectivity index is 1.10. The third-order valence-electron chi connectivity index (χ3n) is 8.00. The normalized spacial score (nSPS) is 26.4. The van der Waals surface area contributed by atoms with Gasteiger partial charge < -0.3 is 25.0 Å². The number of alkyl halides is 4. The lowest BCUT2D eigenvalue weighted by atomic mass is 9.97. The lowest BCUT2D eigenvalue weighted by molar-refractivity contribution is -0.137. The van der Waals surface area contributed by atoms with Gasteiger partial charge in [0, 0.05) is 50.7 Å². The molecule has 2 N–H and O–H groups in total. The summed E-state index contributed by atoms with van der Waals surface area (Å²) in [5.41, 5.74) is 1.27. The van der Waals surface area contributed by atoms with Crippen LogP contribution in [0.5, 0.6) is 0 Å². The number of benzene rings is 1. The molecule has 218 valence electrons. The molecule has 0 aliphatic carbocycles. The fourth-order valence-corrected chi connectivity index (χ4v) is 5.69. The highest BCUT2D eigenvalue weighted by Crippen LogP contribution is 2.34. The van der Waals surface area contributed by atoms with Crippen LogP contribution < -0.4 is 10.6 Å². The summed E-state index contributed by atoms with van der Waals surface area (Å²) >= 11 is 0. The first-order valence-electron chi connectivity index (χ1n) is 14.0. The Hall–Kier alpha value is -2.76. The monoisotopic (exact) mass is 564 g/mol. The van der Waals surface area contributed by atoms with Crippen molar-refractivity contribution in [3.8, 4) is 0 Å². The number of piperidine rings is 1. The molecule has 5 rings (SSSR count). The van der Waals surface area contributed by atoms with Gasteiger partial charge in [0.1, 0.15) is 6.17 Å². The van der Waals surface area contributed by atoms with Crippen LogP contribution in [0.4, 0.5) is 23.2 Å². The van der Waals surface area contributed by atoms with Gasteiger partial charge in [0.15, 0.2) is 0 Å². The molecular weight excluding hydrogens is 528 g/mol. The van der Waals surface area contributed by atoms with Crippen LogP contribution >= 0.6 is 0 Å². The minimum Gasteiger partial charge on any atom is -0.381 e. The number of hydrogen-bond donors (Lipinski definition) is 2. The lowest BCUT2D eigenvalue weighted by Gasteiger charge is -2.36. The van der Waals surface area contributed by atoms with Crippen LogP contribution in [-0.2, 0) is 15.7 Å². The van der Waals surface area contributed by atoms with E-state index in [1.807, 2.05) is 4.90 Å². The number of halogens is 4. The molecule has 0 bridgehead atoms. The molecule has 3 aliphatic rings. The van der Waals surface area contributed by atoms with Crippen molar-refractivity contribution in [3.63, 3.8) is 0 Å². The Morgan fingerprint density at radius 1 is 1.05 bits per heavy atom. The van der Waals surface area contributed by atoms with Gasteiger partial charge in [0.25, 0.3) is 5.91 Å². The van der Waals surface area contributed by atoms with E-state index in [0.717, 1.165) is 49.8 Å². The molecule has 1 amide bonds. The molecule has 40 heavy (non-hydrogen) atoms. The third kappa shape index (κ3) is 7.30. The Kier molecular flexibility index (Phi) is 9.22. The minimum absolute atomic E-state index is 0.0830. The summed E-state index contributed by atoms with van der Waals surface area (Å²) in [6.45, 7) is 2.39. The number of aromatic nitrogens is 1. The summed E-state index contributed by atoms with van der Waals surface area (Å²) in [7, 11) is 0. The van der Waals surface area contributed by atoms with Crippen LogP contribution in [0, 0.1) is 0 Å². The molecule has 2 aromatic rings. The van der Waals surface area contributed by atoms with E-state index in [-0.39, 0.29) is 36.8 Å². The number of anilines is 1. The smallest absolute Gasteiger partial charge is 0.381 e. The van der Waals surface area contributed by atoms with Gasteiger partial charge in [-0.25, -0.2) is 4.39 Å². The highest BCUT2D eigenvalue weighted by Gasteiger charge is 2.32. The minimum atomic E-state index is -4.36. The van der Waals surface area contributed by atoms with Crippen molar-refractivity contribution >= 4 is 11.6 Å². The van der Waals surface area contributed by atoms with Crippen molar-refractivity contribution in [1.29, 1.82) is 0 Å². The van der Waals surface area contributed by atoms with Crippen molar-refractivity contribution in [1.82, 2.24) is 15.2 Å². The maximum Gasteiger partial charge on any atom is 0.416 e. The predicted octanol–water partition coefficient (Wildman–Crippen LogP) is 5.14. The number of nitrogens with one attached hydrogen (secondary N) is 2. The van der Waals surface area contributed by atoms with Gasteiger partial charge in [-0.15, -0.1) is 0 Å². The number of pyridine rings is 1. The Morgan fingerprint density at radius 2 is 1.82 bits per heavy atom. The topological polar surface area (TPSA) is 75.7 Å². The van der Waals surface area contributed by atoms with Gasteiger partial charge in [0.05, 0.1) is 35.6 Å². The molecular formula is C29H36F4N4O3. The van der Waals surface area contributed by atoms with Crippen molar-refractivity contribution in [2.24, 2.45) is 0 Å². The van der Waals surface area contributed by atoms with E-state index in [2.05, 4.69) is 15.6 Å². The molecule has 3 aliphatic heterocycles. The highest BCUT2D eigenvalue weighted by molar-refractivity contribution is 5.94. The zero-order chi connectivity index (χ0) is 28.1. The van der Waals surface area contributed by atoms with Gasteiger partial charge in [-0.2, -0.15) is 13.2 Å². The Bertz CT molecular complexity index is 1130. The van der Waals surface area contributed by atoms with E-state index in [4.69, 9.17) is 9.47 Å². The zero-order valence-electron chi connectivity index (χ0n) is 22.3. The molecule has 0 spiro atoms. The molecule has 1 aromatic heterocycles. The summed E-state index contributed by atoms with van der Waals surface area (Å²) < 4.78 is 64.1. The van der Waals surface area contributed by atoms with Crippen molar-refractivity contribution in [2.45, 2.75) is 75.2 Å². The van der Waals surface area contributed by atoms with Crippen molar-refractivity contribution < 1.29 is 31.8 Å². The second-order valence-electron chi connectivity index (χ2n) is 10.9. The van der Waals surface area contributed by atoms with Gasteiger partial charge in [-0.3, -0.25) is 9.78 Å². The first-order valence-corrected chi connectivity index (χ1v) is 14.0. The van der Waals surface area contributed by atoms with Crippen LogP contribution in [-0.4, -0.2) is 73.0 Å². The van der Waals surface area contributed by atoms with Crippen LogP contribution in [0.3, 0.4) is 0 Å². The number of amides is 1. The van der Waals surface area contributed by atoms with E-state index in [1.54, 1.807) is 18.5 Å². The number of hydrogen-bond acceptors (Lipinski definition) is 6. The SMILES string of the molecule is O=C(c1cncc(NCC2CCCC(c3ccc(C(F)(F)F)cc3)O2)c1)N1CCC(NC2CCOCC2F)CC1. The van der Waals surface area contributed by atoms with E-state index in [0.29, 0.717) is 43.9 Å². The maximum atomic E-state index is 14.1. The standard InChI is InChI=1S/C29H36F4N4O3/c30-25-18-39-13-10-26(25)36-22-8-11-37(12-9-22)28(38)20-14-23(16-34-15-20)35-17-24-2-1-3-27(40-24)19-4-6-21(7-5-19)29(31,32)33/h4-7,14-16,22,24-27,35-36H,1-3,8-13,17-18H2. The molecule has 3 fully saturated rings. The fraction of sp³-hybridized carbons (Fsp3) is 0.586. The molecule has 4 atom stereocenters. The van der Waals surface area contributed by atoms with E-state index < -0.39 is 17.9 Å². The average molecular weight is 565 g/mol. The fourth-order valence-electron chi connectivity index (χ4n) is 5.69. The molecule has 1 aromatic carbocycles. The zero-order valence-corrected chi connectivity index (χ0v) is 22.3. The summed E-state index contributed by atoms with van der Waals surface area (Å²) in [6, 6.07) is 6.95. The van der Waals surface area contributed by atoms with E-state index in [9.17, 15) is 22.4 Å². The maximum absolute atomic E-state index is 14.1. The number of carbonyl (C=O) groups excluding carboxylic acids is 1. The summed E-state index contributed by atoms with van der Waals surface area (Å²) in [5.74, 6) is -0.0830. The predicted molar refractivity (Wildman–Crippen MR) is 142 cm³/mol. The molecule has 0 saturated carbocycles. The number of likely N-dealkylation sites (tertiary alicyclic amines) is 1. The summed E-state index contributed by atoms with van der Waals surface area (Å²) in [4.78, 5) is 19.2. The summed E-state index contributed by atoms with van der Waals surface area (Å²) in [6.07, 6.45) is 2.16. The highest BCUT2D eigenvalue weighted by atomic mass is 19.4. The average Bonchev–Trinajstić information content (AvgIpc) is 2.97. The van der Waals surface area contributed by atoms with Crippen LogP contribution in [0.15, 0.2) is 42.7 Å². The Morgan fingerprint density at radius 3 is 2.55 bits per heavy atom. The molecule has 4 heterocycles. The lowest BCUT2D eigenvalue weighted by Crippen LogP contribution is -2.52. The van der Waals surface area contributed by atoms with E-state index in [1.165, 1.54) is 12.1 Å². The second-order valence-corrected chi connectivity index (χ2v) is 10.9. The largest absolute Gasteiger partial charge is 0.416 e. The first kappa shape index (κ1) is 28.8. The second kappa shape index (κ2) is 12.8. The van der Waals surface area contributed by atoms with Gasteiger partial charge >= 0.3 is 6.18 Å². The van der Waals surface area contributed by atoms with Crippen molar-refractivity contribution in [3.05, 3.63) is 59.4 Å². The molecule has 0 radical (unpaired) electrons. The van der Waals surface area contributed by atoms with Crippen molar-refractivity contribution in [2.75, 3.05) is 38.2 Å². The number of carbonyl (C=O) groups is 1. The first-order chi connectivity index (χ1) is 19.3. The summed E-state index contributed by atoms with van der Waals surface area (Å²) in [5, 5.41) is 6.72. The molecule has 3 saturated heterocycles. The van der Waals surface area contributed by atoms with Gasteiger partial charge in [-0.1, -0.05) is 12.1 Å². The number of nitrogens with zero attached hydrogens (tertiary/aromatic N) is 2. The Labute approximate surface area is 231 Å². The van der Waals surface area contributed by atoms with Crippen LogP contribution in [0.1, 0.15) is 66.1 Å². The van der Waals surface area contributed by atoms with Gasteiger partial charge in [-0.05, 0) is 62.3 Å². The number of rotatable bonds is 7. The van der Waals surface area contributed by atoms with E-state index >= 15 is 0 Å². The molecule has 11 heteroatoms. The molecule has 4 unspecified atom stereocenters. The molecule has 7 nitrogen and oxygen atoms in total. The van der Waals surface area contributed by atoms with Crippen LogP contribution in [0.25, 0.3) is 0 Å². The van der Waals surface area contributed by atoms with Crippen LogP contribution in [0.2, 0.25) is 0 Å². The third-order valence-corrected chi connectivity index (χ3v) is 8.00. The number of ether oxygens (including phenoxy) is 2. The quantitative estimate of drug-likeness (QED) is 0.454.